The van der Waals surface area contributed by atoms with Crippen molar-refractivity contribution >= 4 is 27.7 Å². The molecule has 2 aliphatic rings. The Balaban J connectivity index is 1.95. The van der Waals surface area contributed by atoms with Gasteiger partial charge in [-0.2, -0.15) is 0 Å². The highest BCUT2D eigenvalue weighted by atomic mass is 79.9. The summed E-state index contributed by atoms with van der Waals surface area (Å²) in [6, 6.07) is 5.72. The summed E-state index contributed by atoms with van der Waals surface area (Å²) in [6.07, 6.45) is 1.86. The van der Waals surface area contributed by atoms with E-state index in [9.17, 15) is 14.7 Å². The lowest BCUT2D eigenvalue weighted by Crippen LogP contribution is -2.32. The van der Waals surface area contributed by atoms with Crippen molar-refractivity contribution in [3.8, 4) is 0 Å². The van der Waals surface area contributed by atoms with E-state index < -0.39 is 11.4 Å². The van der Waals surface area contributed by atoms with Crippen LogP contribution in [0.4, 0.5) is 0 Å². The molecule has 2 aliphatic carbocycles. The number of benzene rings is 1. The Hall–Kier alpha value is -1.62. The number of hydrogen-bond acceptors (Lipinski definition) is 4. The SMILES string of the molecule is CC(=O)OC1=C(O)CCC2(C1)Cc1ccc(Br)cc1C2=O. The maximum absolute atomic E-state index is 12.8. The monoisotopic (exact) mass is 350 g/mol. The quantitative estimate of drug-likeness (QED) is 0.784. The van der Waals surface area contributed by atoms with Gasteiger partial charge in [-0.05, 0) is 30.5 Å². The Morgan fingerprint density at radius 1 is 1.38 bits per heavy atom. The first kappa shape index (κ1) is 14.3. The second-order valence-corrected chi connectivity index (χ2v) is 6.64. The van der Waals surface area contributed by atoms with Crippen LogP contribution in [-0.4, -0.2) is 16.9 Å². The molecule has 0 aliphatic heterocycles. The molecule has 0 bridgehead atoms. The molecule has 1 aromatic carbocycles. The average molecular weight is 351 g/mol. The molecule has 0 radical (unpaired) electrons. The number of esters is 1. The molecule has 0 aromatic heterocycles. The molecule has 21 heavy (non-hydrogen) atoms. The van der Waals surface area contributed by atoms with Crippen LogP contribution in [0.25, 0.3) is 0 Å². The Morgan fingerprint density at radius 2 is 2.14 bits per heavy atom. The molecule has 0 fully saturated rings. The highest BCUT2D eigenvalue weighted by Gasteiger charge is 2.48. The van der Waals surface area contributed by atoms with Crippen LogP contribution in [0.2, 0.25) is 0 Å². The van der Waals surface area contributed by atoms with Gasteiger partial charge in [-0.25, -0.2) is 0 Å². The number of allylic oxidation sites excluding steroid dienone is 2. The number of aliphatic hydroxyl groups is 1. The molecule has 1 unspecified atom stereocenters. The van der Waals surface area contributed by atoms with Gasteiger partial charge < -0.3 is 9.84 Å². The number of fused-ring (bicyclic) bond motifs is 1. The number of carbonyl (C=O) groups is 2. The Morgan fingerprint density at radius 3 is 2.86 bits per heavy atom. The van der Waals surface area contributed by atoms with Crippen LogP contribution in [-0.2, 0) is 16.0 Å². The van der Waals surface area contributed by atoms with Gasteiger partial charge in [0.15, 0.2) is 5.78 Å². The van der Waals surface area contributed by atoms with E-state index in [1.807, 2.05) is 18.2 Å². The van der Waals surface area contributed by atoms with Crippen LogP contribution >= 0.6 is 15.9 Å². The van der Waals surface area contributed by atoms with Crippen LogP contribution in [0.5, 0.6) is 0 Å². The molecule has 0 amide bonds. The van der Waals surface area contributed by atoms with Crippen molar-refractivity contribution in [2.45, 2.75) is 32.6 Å². The fraction of sp³-hybridized carbons (Fsp3) is 0.375. The number of carbonyl (C=O) groups excluding carboxylic acids is 2. The van der Waals surface area contributed by atoms with E-state index in [1.165, 1.54) is 6.92 Å². The average Bonchev–Trinajstić information content (AvgIpc) is 2.67. The maximum atomic E-state index is 12.8. The zero-order chi connectivity index (χ0) is 15.2. The first-order chi connectivity index (χ1) is 9.91. The first-order valence-electron chi connectivity index (χ1n) is 6.84. The highest BCUT2D eigenvalue weighted by Crippen LogP contribution is 2.49. The molecule has 0 saturated carbocycles. The van der Waals surface area contributed by atoms with Crippen molar-refractivity contribution in [3.05, 3.63) is 45.3 Å². The van der Waals surface area contributed by atoms with Crippen LogP contribution in [0.1, 0.15) is 42.1 Å². The number of ketones is 1. The molecule has 1 atom stereocenters. The molecule has 0 saturated heterocycles. The summed E-state index contributed by atoms with van der Waals surface area (Å²) in [5.74, 6) is -0.0648. The molecule has 1 N–H and O–H groups in total. The van der Waals surface area contributed by atoms with Crippen molar-refractivity contribution in [1.29, 1.82) is 0 Å². The molecule has 0 heterocycles. The Bertz CT molecular complexity index is 677. The van der Waals surface area contributed by atoms with Gasteiger partial charge in [0.2, 0.25) is 0 Å². The summed E-state index contributed by atoms with van der Waals surface area (Å²) in [5.41, 5.74) is 1.17. The molecule has 3 rings (SSSR count). The predicted molar refractivity (Wildman–Crippen MR) is 79.9 cm³/mol. The number of Topliss-reactive ketones (excluding diaryl/α,β-unsaturated/α-hetero) is 1. The number of aliphatic hydroxyl groups excluding tert-OH is 1. The summed E-state index contributed by atoms with van der Waals surface area (Å²) in [7, 11) is 0. The van der Waals surface area contributed by atoms with E-state index in [1.54, 1.807) is 0 Å². The van der Waals surface area contributed by atoms with E-state index >= 15 is 0 Å². The maximum Gasteiger partial charge on any atom is 0.307 e. The Kier molecular flexibility index (Phi) is 3.40. The normalized spacial score (nSPS) is 24.4. The lowest BCUT2D eigenvalue weighted by Gasteiger charge is -2.32. The number of ether oxygens (including phenoxy) is 1. The van der Waals surface area contributed by atoms with Crippen molar-refractivity contribution in [2.75, 3.05) is 0 Å². The van der Waals surface area contributed by atoms with Gasteiger partial charge >= 0.3 is 5.97 Å². The lowest BCUT2D eigenvalue weighted by atomic mass is 9.72. The molecule has 5 heteroatoms. The topological polar surface area (TPSA) is 63.6 Å². The van der Waals surface area contributed by atoms with E-state index in [0.29, 0.717) is 19.3 Å². The van der Waals surface area contributed by atoms with Crippen molar-refractivity contribution in [3.63, 3.8) is 0 Å². The van der Waals surface area contributed by atoms with Crippen LogP contribution in [0.15, 0.2) is 34.2 Å². The summed E-state index contributed by atoms with van der Waals surface area (Å²) in [4.78, 5) is 23.9. The highest BCUT2D eigenvalue weighted by molar-refractivity contribution is 9.10. The van der Waals surface area contributed by atoms with Crippen molar-refractivity contribution in [2.24, 2.45) is 5.41 Å². The lowest BCUT2D eigenvalue weighted by molar-refractivity contribution is -0.138. The summed E-state index contributed by atoms with van der Waals surface area (Å²) in [6.45, 7) is 1.30. The van der Waals surface area contributed by atoms with Gasteiger partial charge in [0.1, 0.15) is 11.5 Å². The van der Waals surface area contributed by atoms with E-state index in [4.69, 9.17) is 4.74 Å². The van der Waals surface area contributed by atoms with Gasteiger partial charge in [-0.1, -0.05) is 22.0 Å². The Labute approximate surface area is 130 Å². The zero-order valence-electron chi connectivity index (χ0n) is 11.6. The zero-order valence-corrected chi connectivity index (χ0v) is 13.2. The van der Waals surface area contributed by atoms with Gasteiger partial charge in [-0.15, -0.1) is 0 Å². The third-order valence-electron chi connectivity index (χ3n) is 4.26. The fourth-order valence-corrected chi connectivity index (χ4v) is 3.61. The molecular formula is C16H15BrO4. The summed E-state index contributed by atoms with van der Waals surface area (Å²) >= 11 is 3.39. The van der Waals surface area contributed by atoms with Crippen LogP contribution < -0.4 is 0 Å². The van der Waals surface area contributed by atoms with E-state index in [-0.39, 0.29) is 23.7 Å². The number of hydrogen-bond donors (Lipinski definition) is 1. The predicted octanol–water partition coefficient (Wildman–Crippen LogP) is 3.69. The smallest absolute Gasteiger partial charge is 0.307 e. The summed E-state index contributed by atoms with van der Waals surface area (Å²) in [5, 5.41) is 9.89. The standard InChI is InChI=1S/C16H15BrO4/c1-9(18)21-14-8-16(5-4-13(14)19)7-10-2-3-11(17)6-12(10)15(16)20/h2-3,6,19H,4-5,7-8H2,1H3. The fourth-order valence-electron chi connectivity index (χ4n) is 3.25. The minimum absolute atomic E-state index is 0.0796. The minimum atomic E-state index is -0.583. The molecule has 4 nitrogen and oxygen atoms in total. The third kappa shape index (κ3) is 2.39. The molecule has 110 valence electrons. The second-order valence-electron chi connectivity index (χ2n) is 5.73. The third-order valence-corrected chi connectivity index (χ3v) is 4.75. The summed E-state index contributed by atoms with van der Waals surface area (Å²) < 4.78 is 5.97. The molecule has 1 aromatic rings. The van der Waals surface area contributed by atoms with Crippen molar-refractivity contribution < 1.29 is 19.4 Å². The van der Waals surface area contributed by atoms with E-state index in [2.05, 4.69) is 15.9 Å². The van der Waals surface area contributed by atoms with Crippen molar-refractivity contribution in [1.82, 2.24) is 0 Å². The van der Waals surface area contributed by atoms with Gasteiger partial charge in [0, 0.05) is 35.2 Å². The van der Waals surface area contributed by atoms with Crippen LogP contribution in [0.3, 0.4) is 0 Å². The number of halogens is 1. The number of rotatable bonds is 1. The van der Waals surface area contributed by atoms with Gasteiger partial charge in [-0.3, -0.25) is 9.59 Å². The van der Waals surface area contributed by atoms with Gasteiger partial charge in [0.05, 0.1) is 0 Å². The van der Waals surface area contributed by atoms with Crippen LogP contribution in [0, 0.1) is 5.41 Å². The minimum Gasteiger partial charge on any atom is -0.509 e. The molecule has 1 spiro atoms. The molecular weight excluding hydrogens is 336 g/mol. The van der Waals surface area contributed by atoms with Gasteiger partial charge in [0.25, 0.3) is 0 Å². The second kappa shape index (κ2) is 4.98. The first-order valence-corrected chi connectivity index (χ1v) is 7.63. The van der Waals surface area contributed by atoms with E-state index in [0.717, 1.165) is 15.6 Å². The largest absolute Gasteiger partial charge is 0.509 e.